The summed E-state index contributed by atoms with van der Waals surface area (Å²) in [6.45, 7) is 6.26. The third kappa shape index (κ3) is 4.21. The molecule has 1 aliphatic rings. The summed E-state index contributed by atoms with van der Waals surface area (Å²) in [6.07, 6.45) is 0.954. The average Bonchev–Trinajstić information content (AvgIpc) is 3.10. The second kappa shape index (κ2) is 7.98. The molecule has 1 fully saturated rings. The van der Waals surface area contributed by atoms with E-state index in [9.17, 15) is 17.2 Å². The Labute approximate surface area is 156 Å². The van der Waals surface area contributed by atoms with E-state index >= 15 is 0 Å². The van der Waals surface area contributed by atoms with E-state index in [4.69, 9.17) is 0 Å². The van der Waals surface area contributed by atoms with Crippen molar-refractivity contribution in [2.45, 2.75) is 30.5 Å². The summed E-state index contributed by atoms with van der Waals surface area (Å²) < 4.78 is 48.2. The maximum Gasteiger partial charge on any atom is 0.341 e. The first kappa shape index (κ1) is 19.2. The fourth-order valence-corrected chi connectivity index (χ4v) is 4.38. The molecule has 1 saturated heterocycles. The van der Waals surface area contributed by atoms with Crippen LogP contribution in [0.15, 0.2) is 34.5 Å². The Morgan fingerprint density at radius 2 is 1.81 bits per heavy atom. The summed E-state index contributed by atoms with van der Waals surface area (Å²) in [6, 6.07) is 5.70. The topological polar surface area (TPSA) is 53.5 Å². The number of anilines is 1. The molecule has 5 nitrogen and oxygen atoms in total. The number of halogens is 2. The zero-order valence-corrected chi connectivity index (χ0v) is 16.1. The van der Waals surface area contributed by atoms with E-state index in [0.29, 0.717) is 0 Å². The Morgan fingerprint density at radius 3 is 2.35 bits per heavy atom. The van der Waals surface area contributed by atoms with Crippen molar-refractivity contribution in [1.82, 2.24) is 9.88 Å². The van der Waals surface area contributed by atoms with Crippen molar-refractivity contribution in [2.75, 3.05) is 31.1 Å². The van der Waals surface area contributed by atoms with Crippen LogP contribution in [0.4, 0.5) is 14.5 Å². The number of aromatic nitrogens is 1. The van der Waals surface area contributed by atoms with Gasteiger partial charge in [0.15, 0.2) is 0 Å². The monoisotopic (exact) mass is 401 g/mol. The van der Waals surface area contributed by atoms with E-state index in [0.717, 1.165) is 55.5 Å². The number of piperazine rings is 1. The summed E-state index contributed by atoms with van der Waals surface area (Å²) in [5, 5.41) is 3.25. The molecular weight excluding hydrogens is 380 g/mol. The number of sulfone groups is 1. The maximum absolute atomic E-state index is 12.6. The van der Waals surface area contributed by atoms with Crippen molar-refractivity contribution >= 4 is 26.9 Å². The number of rotatable bonds is 6. The van der Waals surface area contributed by atoms with Crippen LogP contribution in [0.25, 0.3) is 0 Å². The van der Waals surface area contributed by atoms with Gasteiger partial charge in [-0.15, -0.1) is 11.3 Å². The highest BCUT2D eigenvalue weighted by Gasteiger charge is 2.26. The van der Waals surface area contributed by atoms with Crippen LogP contribution in [0.3, 0.4) is 0 Å². The predicted molar refractivity (Wildman–Crippen MR) is 98.6 cm³/mol. The van der Waals surface area contributed by atoms with Gasteiger partial charge in [0.05, 0.1) is 15.6 Å². The molecular formula is C17H21F2N3O2S2. The van der Waals surface area contributed by atoms with Crippen molar-refractivity contribution < 1.29 is 17.2 Å². The van der Waals surface area contributed by atoms with Gasteiger partial charge in [-0.2, -0.15) is 8.78 Å². The molecule has 3 rings (SSSR count). The second-order valence-corrected chi connectivity index (χ2v) is 9.01. The molecule has 0 bridgehead atoms. The molecule has 142 valence electrons. The van der Waals surface area contributed by atoms with E-state index in [2.05, 4.69) is 27.1 Å². The molecule has 0 N–H and O–H groups in total. The van der Waals surface area contributed by atoms with Crippen molar-refractivity contribution in [1.29, 1.82) is 0 Å². The summed E-state index contributed by atoms with van der Waals surface area (Å²) in [5.74, 6) is -3.39. The highest BCUT2D eigenvalue weighted by atomic mass is 32.2. The number of hydrogen-bond donors (Lipinski definition) is 0. The standard InChI is InChI=1S/C17H21F2N3O2S2/c1-2-16-20-13(12-25-16)11-21-7-9-22(10-8-21)14-3-5-15(6-4-14)26(23,24)17(18)19/h3-6,12,17H,2,7-11H2,1H3. The Kier molecular flexibility index (Phi) is 5.89. The quantitative estimate of drug-likeness (QED) is 0.745. The van der Waals surface area contributed by atoms with Crippen LogP contribution in [0.2, 0.25) is 0 Å². The van der Waals surface area contributed by atoms with Crippen molar-refractivity contribution in [3.05, 3.63) is 40.3 Å². The number of benzene rings is 1. The van der Waals surface area contributed by atoms with Crippen molar-refractivity contribution in [2.24, 2.45) is 0 Å². The second-order valence-electron chi connectivity index (χ2n) is 6.15. The Balaban J connectivity index is 1.58. The van der Waals surface area contributed by atoms with Gasteiger partial charge in [-0.25, -0.2) is 13.4 Å². The molecule has 0 spiro atoms. The summed E-state index contributed by atoms with van der Waals surface area (Å²) >= 11 is 1.69. The highest BCUT2D eigenvalue weighted by molar-refractivity contribution is 7.91. The Hall–Kier alpha value is -1.58. The Morgan fingerprint density at radius 1 is 1.15 bits per heavy atom. The smallest absolute Gasteiger partial charge is 0.341 e. The first-order chi connectivity index (χ1) is 12.4. The fourth-order valence-electron chi connectivity index (χ4n) is 2.93. The van der Waals surface area contributed by atoms with Gasteiger partial charge in [-0.3, -0.25) is 4.90 Å². The molecule has 1 aromatic heterocycles. The van der Waals surface area contributed by atoms with Crippen LogP contribution in [0.5, 0.6) is 0 Å². The molecule has 1 aromatic carbocycles. The van der Waals surface area contributed by atoms with Crippen LogP contribution in [0.1, 0.15) is 17.6 Å². The molecule has 1 aliphatic heterocycles. The van der Waals surface area contributed by atoms with E-state index in [1.165, 1.54) is 12.1 Å². The lowest BCUT2D eigenvalue weighted by atomic mass is 10.2. The van der Waals surface area contributed by atoms with E-state index in [-0.39, 0.29) is 4.90 Å². The number of hydrogen-bond acceptors (Lipinski definition) is 6. The first-order valence-electron chi connectivity index (χ1n) is 8.43. The molecule has 0 aliphatic carbocycles. The number of aryl methyl sites for hydroxylation is 1. The van der Waals surface area contributed by atoms with E-state index in [1.54, 1.807) is 23.5 Å². The van der Waals surface area contributed by atoms with Crippen LogP contribution < -0.4 is 4.90 Å². The minimum Gasteiger partial charge on any atom is -0.369 e. The zero-order valence-electron chi connectivity index (χ0n) is 14.4. The minimum absolute atomic E-state index is 0.342. The van der Waals surface area contributed by atoms with Crippen LogP contribution in [-0.4, -0.2) is 50.2 Å². The number of alkyl halides is 2. The largest absolute Gasteiger partial charge is 0.369 e. The van der Waals surface area contributed by atoms with E-state index in [1.807, 2.05) is 0 Å². The molecule has 0 amide bonds. The van der Waals surface area contributed by atoms with Crippen molar-refractivity contribution in [3.63, 3.8) is 0 Å². The van der Waals surface area contributed by atoms with Crippen LogP contribution in [-0.2, 0) is 22.8 Å². The minimum atomic E-state index is -4.53. The molecule has 2 heterocycles. The highest BCUT2D eigenvalue weighted by Crippen LogP contribution is 2.23. The lowest BCUT2D eigenvalue weighted by Crippen LogP contribution is -2.46. The molecule has 2 aromatic rings. The van der Waals surface area contributed by atoms with Crippen molar-refractivity contribution in [3.8, 4) is 0 Å². The average molecular weight is 402 g/mol. The fraction of sp³-hybridized carbons (Fsp3) is 0.471. The molecule has 0 saturated carbocycles. The SMILES string of the molecule is CCc1nc(CN2CCN(c3ccc(S(=O)(=O)C(F)F)cc3)CC2)cs1. The van der Waals surface area contributed by atoms with Gasteiger partial charge in [0.25, 0.3) is 0 Å². The summed E-state index contributed by atoms with van der Waals surface area (Å²) in [7, 11) is -4.53. The normalized spacial score (nSPS) is 16.4. The molecule has 26 heavy (non-hydrogen) atoms. The zero-order chi connectivity index (χ0) is 18.7. The predicted octanol–water partition coefficient (Wildman–Crippen LogP) is 3.02. The summed E-state index contributed by atoms with van der Waals surface area (Å²) in [5.41, 5.74) is 1.95. The maximum atomic E-state index is 12.6. The van der Waals surface area contributed by atoms with Gasteiger partial charge in [0.1, 0.15) is 0 Å². The van der Waals surface area contributed by atoms with Gasteiger partial charge in [0.2, 0.25) is 9.84 Å². The van der Waals surface area contributed by atoms with E-state index < -0.39 is 15.6 Å². The lowest BCUT2D eigenvalue weighted by Gasteiger charge is -2.35. The van der Waals surface area contributed by atoms with Gasteiger partial charge < -0.3 is 4.90 Å². The molecule has 0 unspecified atom stereocenters. The van der Waals surface area contributed by atoms with Gasteiger partial charge >= 0.3 is 5.76 Å². The van der Waals surface area contributed by atoms with Gasteiger partial charge in [-0.05, 0) is 30.7 Å². The van der Waals surface area contributed by atoms with Gasteiger partial charge in [-0.1, -0.05) is 6.92 Å². The molecule has 0 atom stereocenters. The molecule has 0 radical (unpaired) electrons. The number of nitrogens with zero attached hydrogens (tertiary/aromatic N) is 3. The van der Waals surface area contributed by atoms with Crippen LogP contribution in [0, 0.1) is 0 Å². The Bertz CT molecular complexity index is 830. The summed E-state index contributed by atoms with van der Waals surface area (Å²) in [4.78, 5) is 8.72. The third-order valence-corrected chi connectivity index (χ3v) is 6.86. The molecule has 9 heteroatoms. The van der Waals surface area contributed by atoms with Crippen LogP contribution >= 0.6 is 11.3 Å². The lowest BCUT2D eigenvalue weighted by molar-refractivity contribution is 0.234. The third-order valence-electron chi connectivity index (χ3n) is 4.42. The number of thiazole rings is 1. The van der Waals surface area contributed by atoms with Gasteiger partial charge in [0, 0.05) is 43.8 Å². The first-order valence-corrected chi connectivity index (χ1v) is 10.9.